The van der Waals surface area contributed by atoms with E-state index in [-0.39, 0.29) is 15.0 Å². The summed E-state index contributed by atoms with van der Waals surface area (Å²) in [4.78, 5) is 3.51. The third-order valence-corrected chi connectivity index (χ3v) is 2.53. The molecule has 16 heavy (non-hydrogen) atoms. The van der Waals surface area contributed by atoms with E-state index in [1.54, 1.807) is 22.6 Å². The first-order chi connectivity index (χ1) is 7.37. The molecule has 0 amide bonds. The van der Waals surface area contributed by atoms with Crippen LogP contribution in [0.4, 0.5) is 13.2 Å². The minimum absolute atomic E-state index is 0.0384. The van der Waals surface area contributed by atoms with Gasteiger partial charge in [0.25, 0.3) is 0 Å². The van der Waals surface area contributed by atoms with Crippen molar-refractivity contribution in [3.8, 4) is 11.6 Å². The van der Waals surface area contributed by atoms with E-state index in [0.29, 0.717) is 0 Å². The Morgan fingerprint density at radius 3 is 2.56 bits per heavy atom. The minimum Gasteiger partial charge on any atom is -0.495 e. The van der Waals surface area contributed by atoms with Crippen LogP contribution in [0.5, 0.6) is 11.6 Å². The van der Waals surface area contributed by atoms with Crippen molar-refractivity contribution in [1.82, 2.24) is 4.98 Å². The number of halogens is 4. The van der Waals surface area contributed by atoms with Gasteiger partial charge in [0.2, 0.25) is 5.88 Å². The zero-order valence-electron chi connectivity index (χ0n) is 8.01. The second-order valence-corrected chi connectivity index (χ2v) is 3.72. The van der Waals surface area contributed by atoms with Gasteiger partial charge in [-0.25, -0.2) is 4.98 Å². The van der Waals surface area contributed by atoms with Gasteiger partial charge in [0.1, 0.15) is 9.32 Å². The first kappa shape index (κ1) is 13.3. The van der Waals surface area contributed by atoms with E-state index in [4.69, 9.17) is 9.84 Å². The lowest BCUT2D eigenvalue weighted by atomic mass is 10.3. The minimum atomic E-state index is -4.83. The Hall–Kier alpha value is -0.770. The molecule has 0 saturated heterocycles. The maximum atomic E-state index is 12.0. The molecule has 0 saturated carbocycles. The number of aromatic nitrogens is 1. The van der Waals surface area contributed by atoms with Crippen LogP contribution in [0.15, 0.2) is 6.07 Å². The Morgan fingerprint density at radius 2 is 2.12 bits per heavy atom. The number of aliphatic hydroxyl groups excluding tert-OH is 1. The van der Waals surface area contributed by atoms with Gasteiger partial charge in [-0.15, -0.1) is 13.2 Å². The molecule has 0 fully saturated rings. The summed E-state index contributed by atoms with van der Waals surface area (Å²) in [7, 11) is 1.30. The number of ether oxygens (including phenoxy) is 2. The second-order valence-electron chi connectivity index (χ2n) is 2.64. The normalized spacial score (nSPS) is 11.4. The number of hydrogen-bond acceptors (Lipinski definition) is 4. The average molecular weight is 349 g/mol. The standard InChI is InChI=1S/C8H7F3INO3/c1-15-5-2-4(3-14)13-7(6(5)12)16-8(9,10)11/h2,14H,3H2,1H3. The summed E-state index contributed by atoms with van der Waals surface area (Å²) in [5, 5.41) is 8.81. The molecule has 1 aromatic heterocycles. The van der Waals surface area contributed by atoms with Crippen LogP contribution in [0.3, 0.4) is 0 Å². The van der Waals surface area contributed by atoms with E-state index in [0.717, 1.165) is 0 Å². The molecule has 0 aliphatic heterocycles. The zero-order chi connectivity index (χ0) is 12.3. The van der Waals surface area contributed by atoms with Crippen LogP contribution >= 0.6 is 22.6 Å². The number of aliphatic hydroxyl groups is 1. The van der Waals surface area contributed by atoms with E-state index in [1.807, 2.05) is 0 Å². The third-order valence-electron chi connectivity index (χ3n) is 1.54. The van der Waals surface area contributed by atoms with E-state index in [9.17, 15) is 13.2 Å². The molecule has 0 radical (unpaired) electrons. The predicted octanol–water partition coefficient (Wildman–Crippen LogP) is 2.09. The highest BCUT2D eigenvalue weighted by atomic mass is 127. The lowest BCUT2D eigenvalue weighted by molar-refractivity contribution is -0.276. The van der Waals surface area contributed by atoms with Crippen molar-refractivity contribution in [1.29, 1.82) is 0 Å². The van der Waals surface area contributed by atoms with Gasteiger partial charge in [0.15, 0.2) is 0 Å². The molecule has 1 heterocycles. The van der Waals surface area contributed by atoms with Crippen LogP contribution in [-0.4, -0.2) is 23.6 Å². The quantitative estimate of drug-likeness (QED) is 0.850. The van der Waals surface area contributed by atoms with Crippen molar-refractivity contribution in [3.05, 3.63) is 15.3 Å². The predicted molar refractivity (Wildman–Crippen MR) is 56.1 cm³/mol. The molecule has 0 unspecified atom stereocenters. The highest BCUT2D eigenvalue weighted by Gasteiger charge is 2.33. The van der Waals surface area contributed by atoms with Crippen LogP contribution in [0.2, 0.25) is 0 Å². The largest absolute Gasteiger partial charge is 0.574 e. The number of rotatable bonds is 3. The van der Waals surface area contributed by atoms with Gasteiger partial charge < -0.3 is 14.6 Å². The highest BCUT2D eigenvalue weighted by Crippen LogP contribution is 2.32. The Kier molecular flexibility index (Phi) is 4.19. The monoisotopic (exact) mass is 349 g/mol. The van der Waals surface area contributed by atoms with E-state index in [2.05, 4.69) is 9.72 Å². The molecule has 0 aliphatic rings. The smallest absolute Gasteiger partial charge is 0.495 e. The lowest BCUT2D eigenvalue weighted by Crippen LogP contribution is -2.19. The molecule has 90 valence electrons. The molecule has 0 aliphatic carbocycles. The number of hydrogen-bond donors (Lipinski definition) is 1. The number of nitrogens with zero attached hydrogens (tertiary/aromatic N) is 1. The van der Waals surface area contributed by atoms with Crippen LogP contribution in [0.1, 0.15) is 5.69 Å². The van der Waals surface area contributed by atoms with Gasteiger partial charge in [0.05, 0.1) is 19.4 Å². The van der Waals surface area contributed by atoms with Crippen molar-refractivity contribution in [3.63, 3.8) is 0 Å². The summed E-state index contributed by atoms with van der Waals surface area (Å²) >= 11 is 1.62. The molecule has 8 heteroatoms. The van der Waals surface area contributed by atoms with Crippen LogP contribution in [-0.2, 0) is 6.61 Å². The molecule has 0 aromatic carbocycles. The van der Waals surface area contributed by atoms with E-state index >= 15 is 0 Å². The van der Waals surface area contributed by atoms with Crippen molar-refractivity contribution < 1.29 is 27.8 Å². The molecule has 0 atom stereocenters. The fourth-order valence-corrected chi connectivity index (χ4v) is 1.55. The lowest BCUT2D eigenvalue weighted by Gasteiger charge is -2.12. The molecular formula is C8H7F3INO3. The maximum absolute atomic E-state index is 12.0. The average Bonchev–Trinajstić information content (AvgIpc) is 2.19. The summed E-state index contributed by atoms with van der Waals surface area (Å²) < 4.78 is 44.7. The highest BCUT2D eigenvalue weighted by molar-refractivity contribution is 14.1. The summed E-state index contributed by atoms with van der Waals surface area (Å²) in [5.41, 5.74) is 0.0384. The molecule has 1 rings (SSSR count). The Labute approximate surface area is 103 Å². The maximum Gasteiger partial charge on any atom is 0.574 e. The SMILES string of the molecule is COc1cc(CO)nc(OC(F)(F)F)c1I. The summed E-state index contributed by atoms with van der Waals surface area (Å²) in [5.74, 6) is -0.463. The molecule has 0 bridgehead atoms. The van der Waals surface area contributed by atoms with Crippen LogP contribution in [0, 0.1) is 3.57 Å². The van der Waals surface area contributed by atoms with Crippen molar-refractivity contribution >= 4 is 22.6 Å². The van der Waals surface area contributed by atoms with E-state index < -0.39 is 18.8 Å². The Morgan fingerprint density at radius 1 is 1.50 bits per heavy atom. The first-order valence-corrected chi connectivity index (χ1v) is 5.05. The van der Waals surface area contributed by atoms with Crippen LogP contribution in [0.25, 0.3) is 0 Å². The third kappa shape index (κ3) is 3.37. The number of methoxy groups -OCH3 is 1. The fraction of sp³-hybridized carbons (Fsp3) is 0.375. The topological polar surface area (TPSA) is 51.6 Å². The number of alkyl halides is 3. The van der Waals surface area contributed by atoms with Gasteiger partial charge >= 0.3 is 6.36 Å². The Bertz CT molecular complexity index is 384. The van der Waals surface area contributed by atoms with Crippen molar-refractivity contribution in [2.45, 2.75) is 13.0 Å². The summed E-state index contributed by atoms with van der Waals surface area (Å²) in [6.07, 6.45) is -4.83. The van der Waals surface area contributed by atoms with Crippen molar-refractivity contribution in [2.75, 3.05) is 7.11 Å². The zero-order valence-corrected chi connectivity index (χ0v) is 10.2. The molecular weight excluding hydrogens is 342 g/mol. The van der Waals surface area contributed by atoms with E-state index in [1.165, 1.54) is 13.2 Å². The fourth-order valence-electron chi connectivity index (χ4n) is 0.939. The number of pyridine rings is 1. The first-order valence-electron chi connectivity index (χ1n) is 3.97. The molecule has 1 N–H and O–H groups in total. The molecule has 0 spiro atoms. The summed E-state index contributed by atoms with van der Waals surface area (Å²) in [6.45, 7) is -0.499. The second kappa shape index (κ2) is 5.04. The Balaban J connectivity index is 3.16. The van der Waals surface area contributed by atoms with Crippen LogP contribution < -0.4 is 9.47 Å². The van der Waals surface area contributed by atoms with Crippen molar-refractivity contribution in [2.24, 2.45) is 0 Å². The van der Waals surface area contributed by atoms with Gasteiger partial charge in [-0.05, 0) is 22.6 Å². The van der Waals surface area contributed by atoms with Gasteiger partial charge in [0, 0.05) is 6.07 Å². The van der Waals surface area contributed by atoms with Gasteiger partial charge in [-0.1, -0.05) is 0 Å². The van der Waals surface area contributed by atoms with Gasteiger partial charge in [-0.3, -0.25) is 0 Å². The molecule has 1 aromatic rings. The van der Waals surface area contributed by atoms with Gasteiger partial charge in [-0.2, -0.15) is 0 Å². The molecule has 4 nitrogen and oxygen atoms in total. The summed E-state index contributed by atoms with van der Waals surface area (Å²) in [6, 6.07) is 1.34.